The van der Waals surface area contributed by atoms with Gasteiger partial charge in [0, 0.05) is 0 Å². The van der Waals surface area contributed by atoms with Crippen LogP contribution in [0.4, 0.5) is 0 Å². The molecular formula is C38H40O2Zr. The van der Waals surface area contributed by atoms with Crippen LogP contribution in [-0.2, 0) is 32.0 Å². The molecule has 2 nitrogen and oxygen atoms in total. The fraction of sp³-hybridized carbons (Fsp3) is 0.263. The van der Waals surface area contributed by atoms with Crippen LogP contribution in [0.2, 0.25) is 0 Å². The minimum atomic E-state index is -4.29. The zero-order chi connectivity index (χ0) is 28.8. The van der Waals surface area contributed by atoms with Crippen molar-refractivity contribution < 1.29 is 26.8 Å². The van der Waals surface area contributed by atoms with Gasteiger partial charge in [0.25, 0.3) is 0 Å². The van der Waals surface area contributed by atoms with Crippen molar-refractivity contribution in [3.8, 4) is 11.5 Å². The van der Waals surface area contributed by atoms with E-state index in [1.807, 2.05) is 0 Å². The topological polar surface area (TPSA) is 18.5 Å². The summed E-state index contributed by atoms with van der Waals surface area (Å²) in [6, 6.07) is 26.1. The second-order valence-corrected chi connectivity index (χ2v) is 20.5. The third-order valence-electron chi connectivity index (χ3n) is 8.18. The summed E-state index contributed by atoms with van der Waals surface area (Å²) in [5.74, 6) is 1.90. The molecule has 2 aliphatic rings. The van der Waals surface area contributed by atoms with Crippen molar-refractivity contribution in [1.82, 2.24) is 0 Å². The van der Waals surface area contributed by atoms with Gasteiger partial charge in [-0.15, -0.1) is 0 Å². The minimum absolute atomic E-state index is 0.113. The summed E-state index contributed by atoms with van der Waals surface area (Å²) in [7, 11) is 0. The molecule has 0 atom stereocenters. The molecule has 0 N–H and O–H groups in total. The average molecular weight is 620 g/mol. The number of rotatable bonds is 6. The van der Waals surface area contributed by atoms with E-state index >= 15 is 0 Å². The Morgan fingerprint density at radius 1 is 0.537 bits per heavy atom. The fourth-order valence-electron chi connectivity index (χ4n) is 6.40. The first kappa shape index (κ1) is 28.0. The monoisotopic (exact) mass is 618 g/mol. The van der Waals surface area contributed by atoms with Gasteiger partial charge in [0.15, 0.2) is 0 Å². The van der Waals surface area contributed by atoms with Crippen LogP contribution in [-0.4, -0.2) is 0 Å². The molecular weight excluding hydrogens is 580 g/mol. The van der Waals surface area contributed by atoms with E-state index in [1.54, 1.807) is 0 Å². The fourth-order valence-corrected chi connectivity index (χ4v) is 14.6. The van der Waals surface area contributed by atoms with Crippen molar-refractivity contribution in [3.05, 3.63) is 127 Å². The van der Waals surface area contributed by atoms with Crippen molar-refractivity contribution in [3.63, 3.8) is 0 Å². The quantitative estimate of drug-likeness (QED) is 0.214. The Bertz CT molecular complexity index is 1620. The van der Waals surface area contributed by atoms with Crippen LogP contribution in [0.15, 0.2) is 116 Å². The Labute approximate surface area is 250 Å². The molecule has 6 rings (SSSR count). The SMILES string of the molecule is CC(C)(C)c1c([O][Zr]([O]c2ccc3ccccc3c2C(C)(C)C)([C]2=CC=CC2)[C]2=CC=CC2)ccc2ccccc12. The van der Waals surface area contributed by atoms with Crippen LogP contribution in [0.3, 0.4) is 0 Å². The van der Waals surface area contributed by atoms with Gasteiger partial charge in [-0.1, -0.05) is 0 Å². The second-order valence-electron chi connectivity index (χ2n) is 13.3. The average Bonchev–Trinajstić information content (AvgIpc) is 3.67. The van der Waals surface area contributed by atoms with Gasteiger partial charge >= 0.3 is 252 Å². The Morgan fingerprint density at radius 3 is 1.32 bits per heavy atom. The third-order valence-corrected chi connectivity index (χ3v) is 16.7. The van der Waals surface area contributed by atoms with E-state index in [0.29, 0.717) is 0 Å². The van der Waals surface area contributed by atoms with Gasteiger partial charge in [-0.2, -0.15) is 0 Å². The molecule has 208 valence electrons. The summed E-state index contributed by atoms with van der Waals surface area (Å²) in [5, 5.41) is 4.96. The molecule has 0 aromatic heterocycles. The molecule has 0 saturated carbocycles. The maximum atomic E-state index is 7.59. The standard InChI is InChI=1S/2C14H16O.2C5H5.Zr/c2*1-14(2,3)13-11-7-5-4-6-10(11)8-9-12(13)15;2*1-2-4-5-3-1;/h2*4-9,15H,1-3H3;2*1-3H,4H2;/q;;;;+2/p-2. The number of hydrogen-bond acceptors (Lipinski definition) is 2. The molecule has 4 aromatic carbocycles. The zero-order valence-electron chi connectivity index (χ0n) is 25.1. The van der Waals surface area contributed by atoms with E-state index in [1.165, 1.54) is 39.2 Å². The molecule has 4 aromatic rings. The van der Waals surface area contributed by atoms with Gasteiger partial charge in [-0.3, -0.25) is 0 Å². The van der Waals surface area contributed by atoms with Crippen LogP contribution in [0.25, 0.3) is 21.5 Å². The zero-order valence-corrected chi connectivity index (χ0v) is 27.6. The molecule has 0 amide bonds. The van der Waals surface area contributed by atoms with Gasteiger partial charge < -0.3 is 0 Å². The summed E-state index contributed by atoms with van der Waals surface area (Å²) in [4.78, 5) is 0. The van der Waals surface area contributed by atoms with E-state index in [4.69, 9.17) is 5.63 Å². The van der Waals surface area contributed by atoms with Crippen LogP contribution in [0.1, 0.15) is 65.5 Å². The molecule has 0 aliphatic heterocycles. The van der Waals surface area contributed by atoms with Gasteiger partial charge in [-0.25, -0.2) is 0 Å². The van der Waals surface area contributed by atoms with E-state index in [2.05, 4.69) is 151 Å². The summed E-state index contributed by atoms with van der Waals surface area (Å²) >= 11 is -4.29. The first-order valence-corrected chi connectivity index (χ1v) is 19.2. The van der Waals surface area contributed by atoms with Crippen LogP contribution >= 0.6 is 0 Å². The molecule has 3 heteroatoms. The van der Waals surface area contributed by atoms with Crippen LogP contribution in [0.5, 0.6) is 11.5 Å². The van der Waals surface area contributed by atoms with Crippen molar-refractivity contribution in [2.45, 2.75) is 65.2 Å². The van der Waals surface area contributed by atoms with Gasteiger partial charge in [0.2, 0.25) is 0 Å². The van der Waals surface area contributed by atoms with E-state index in [-0.39, 0.29) is 10.8 Å². The van der Waals surface area contributed by atoms with Gasteiger partial charge in [-0.05, 0) is 0 Å². The number of benzene rings is 4. The number of fused-ring (bicyclic) bond motifs is 2. The molecule has 0 fully saturated rings. The first-order valence-electron chi connectivity index (χ1n) is 14.7. The molecule has 0 bridgehead atoms. The number of allylic oxidation sites excluding steroid dienone is 8. The predicted octanol–water partition coefficient (Wildman–Crippen LogP) is 10.7. The predicted molar refractivity (Wildman–Crippen MR) is 170 cm³/mol. The van der Waals surface area contributed by atoms with E-state index < -0.39 is 21.1 Å². The summed E-state index contributed by atoms with van der Waals surface area (Å²) in [5.41, 5.74) is 2.26. The molecule has 0 spiro atoms. The summed E-state index contributed by atoms with van der Waals surface area (Å²) < 4.78 is 17.8. The van der Waals surface area contributed by atoms with E-state index in [9.17, 15) is 0 Å². The Kier molecular flexibility index (Phi) is 7.23. The van der Waals surface area contributed by atoms with Gasteiger partial charge in [0.05, 0.1) is 0 Å². The number of hydrogen-bond donors (Lipinski definition) is 0. The summed E-state index contributed by atoms with van der Waals surface area (Å²) in [6.07, 6.45) is 15.1. The Morgan fingerprint density at radius 2 is 0.951 bits per heavy atom. The van der Waals surface area contributed by atoms with Crippen molar-refractivity contribution in [1.29, 1.82) is 0 Å². The van der Waals surface area contributed by atoms with E-state index in [0.717, 1.165) is 24.3 Å². The van der Waals surface area contributed by atoms with Crippen molar-refractivity contribution in [2.75, 3.05) is 0 Å². The Hall–Kier alpha value is -3.16. The molecule has 41 heavy (non-hydrogen) atoms. The molecule has 0 radical (unpaired) electrons. The summed E-state index contributed by atoms with van der Waals surface area (Å²) in [6.45, 7) is 13.7. The van der Waals surface area contributed by atoms with Gasteiger partial charge in [0.1, 0.15) is 0 Å². The normalized spacial score (nSPS) is 15.5. The first-order chi connectivity index (χ1) is 19.6. The Balaban J connectivity index is 1.60. The van der Waals surface area contributed by atoms with Crippen molar-refractivity contribution in [2.24, 2.45) is 0 Å². The van der Waals surface area contributed by atoms with Crippen LogP contribution in [0, 0.1) is 0 Å². The maximum absolute atomic E-state index is 7.59. The molecule has 0 unspecified atom stereocenters. The molecule has 0 saturated heterocycles. The van der Waals surface area contributed by atoms with Crippen molar-refractivity contribution >= 4 is 21.5 Å². The molecule has 2 aliphatic carbocycles. The van der Waals surface area contributed by atoms with Crippen LogP contribution < -0.4 is 5.63 Å². The second kappa shape index (κ2) is 10.6. The molecule has 0 heterocycles. The third kappa shape index (κ3) is 5.19.